The van der Waals surface area contributed by atoms with Gasteiger partial charge in [-0.1, -0.05) is 6.07 Å². The van der Waals surface area contributed by atoms with Crippen LogP contribution in [0.2, 0.25) is 0 Å². The van der Waals surface area contributed by atoms with Gasteiger partial charge in [0.2, 0.25) is 5.88 Å². The molecule has 152 valence electrons. The number of hydrogen-bond donors (Lipinski definition) is 4. The third kappa shape index (κ3) is 3.03. The van der Waals surface area contributed by atoms with Crippen molar-refractivity contribution in [2.45, 2.75) is 25.9 Å². The van der Waals surface area contributed by atoms with E-state index in [2.05, 4.69) is 16.0 Å². The predicted octanol–water partition coefficient (Wildman–Crippen LogP) is 2.88. The lowest BCUT2D eigenvalue weighted by molar-refractivity contribution is 0.0842. The van der Waals surface area contributed by atoms with Gasteiger partial charge in [0.1, 0.15) is 23.1 Å². The predicted molar refractivity (Wildman–Crippen MR) is 112 cm³/mol. The number of H-pyrrole nitrogens is 1. The van der Waals surface area contributed by atoms with Crippen LogP contribution in [0.4, 0.5) is 15.8 Å². The Morgan fingerprint density at radius 3 is 2.77 bits per heavy atom. The van der Waals surface area contributed by atoms with Crippen LogP contribution < -0.4 is 21.8 Å². The van der Waals surface area contributed by atoms with E-state index in [0.717, 1.165) is 12.3 Å². The number of nitrogen functional groups attached to an aromatic ring is 2. The molecule has 0 atom stereocenters. The molecule has 1 saturated carbocycles. The second-order valence-corrected chi connectivity index (χ2v) is 7.35. The van der Waals surface area contributed by atoms with Gasteiger partial charge in [-0.15, -0.1) is 0 Å². The van der Waals surface area contributed by atoms with Gasteiger partial charge in [0.25, 0.3) is 5.56 Å². The molecule has 3 aromatic rings. The number of nitrogens with zero attached hydrogens (tertiary/aromatic N) is 2. The number of nitrogens with one attached hydrogen (secondary N) is 2. The summed E-state index contributed by atoms with van der Waals surface area (Å²) in [4.78, 5) is 19.7. The minimum Gasteiger partial charge on any atom is -0.474 e. The summed E-state index contributed by atoms with van der Waals surface area (Å²) in [6.07, 6.45) is 2.06. The molecule has 1 aliphatic carbocycles. The third-order valence-corrected chi connectivity index (χ3v) is 5.37. The summed E-state index contributed by atoms with van der Waals surface area (Å²) in [5, 5.41) is 16.6. The first-order valence-corrected chi connectivity index (χ1v) is 9.32. The van der Waals surface area contributed by atoms with Gasteiger partial charge in [0.15, 0.2) is 0 Å². The number of hydrogen-bond acceptors (Lipinski definition) is 7. The summed E-state index contributed by atoms with van der Waals surface area (Å²) in [5.41, 5.74) is 13.2. The Bertz CT molecular complexity index is 1290. The van der Waals surface area contributed by atoms with Crippen molar-refractivity contribution in [3.05, 3.63) is 45.5 Å². The van der Waals surface area contributed by atoms with E-state index in [1.165, 1.54) is 6.07 Å². The summed E-state index contributed by atoms with van der Waals surface area (Å²) in [7, 11) is 0. The minimum absolute atomic E-state index is 0.0179. The second-order valence-electron chi connectivity index (χ2n) is 7.35. The molecule has 0 amide bonds. The molecule has 8 nitrogen and oxygen atoms in total. The van der Waals surface area contributed by atoms with E-state index < -0.39 is 11.4 Å². The largest absolute Gasteiger partial charge is 0.474 e. The van der Waals surface area contributed by atoms with Gasteiger partial charge in [0, 0.05) is 35.7 Å². The number of ether oxygens (including phenoxy) is 1. The topological polar surface area (TPSA) is 155 Å². The van der Waals surface area contributed by atoms with Crippen molar-refractivity contribution in [1.29, 1.82) is 10.7 Å². The molecule has 0 saturated heterocycles. The smallest absolute Gasteiger partial charge is 0.272 e. The molecule has 1 aromatic carbocycles. The van der Waals surface area contributed by atoms with E-state index >= 15 is 0 Å². The lowest BCUT2D eigenvalue weighted by Crippen LogP contribution is -2.33. The van der Waals surface area contributed by atoms with E-state index in [-0.39, 0.29) is 34.5 Å². The SMILES string of the molecule is Cc1cc2[nH]c(=O)c(N)c(-c3ccc(F)c(N)c3C=N)c2nc1OC1CC(C#N)C1. The first kappa shape index (κ1) is 19.4. The van der Waals surface area contributed by atoms with Gasteiger partial charge >= 0.3 is 0 Å². The molecule has 30 heavy (non-hydrogen) atoms. The molecule has 6 N–H and O–H groups in total. The van der Waals surface area contributed by atoms with E-state index in [1.807, 2.05) is 0 Å². The normalized spacial score (nSPS) is 17.9. The number of benzene rings is 1. The zero-order chi connectivity index (χ0) is 21.6. The summed E-state index contributed by atoms with van der Waals surface area (Å²) in [6.45, 7) is 1.80. The Morgan fingerprint density at radius 1 is 1.37 bits per heavy atom. The third-order valence-electron chi connectivity index (χ3n) is 5.37. The first-order chi connectivity index (χ1) is 14.3. The lowest BCUT2D eigenvalue weighted by Gasteiger charge is -2.31. The number of rotatable bonds is 4. The van der Waals surface area contributed by atoms with Crippen LogP contribution in [0.25, 0.3) is 22.2 Å². The van der Waals surface area contributed by atoms with Crippen LogP contribution >= 0.6 is 0 Å². The van der Waals surface area contributed by atoms with E-state index in [9.17, 15) is 9.18 Å². The van der Waals surface area contributed by atoms with E-state index in [1.54, 1.807) is 13.0 Å². The van der Waals surface area contributed by atoms with Crippen molar-refractivity contribution < 1.29 is 9.13 Å². The molecular formula is C21H19FN6O2. The molecule has 1 fully saturated rings. The average molecular weight is 406 g/mol. The van der Waals surface area contributed by atoms with Gasteiger partial charge in [-0.2, -0.15) is 5.26 Å². The highest BCUT2D eigenvalue weighted by molar-refractivity contribution is 6.05. The van der Waals surface area contributed by atoms with Gasteiger partial charge in [-0.3, -0.25) is 4.79 Å². The van der Waals surface area contributed by atoms with Crippen molar-refractivity contribution in [3.8, 4) is 23.1 Å². The molecule has 0 unspecified atom stereocenters. The quantitative estimate of drug-likeness (QED) is 0.386. The molecule has 0 bridgehead atoms. The van der Waals surface area contributed by atoms with Crippen LogP contribution in [-0.2, 0) is 0 Å². The lowest BCUT2D eigenvalue weighted by atomic mass is 9.83. The minimum atomic E-state index is -0.671. The molecule has 2 aromatic heterocycles. The van der Waals surface area contributed by atoms with Crippen molar-refractivity contribution in [1.82, 2.24) is 9.97 Å². The fraction of sp³-hybridized carbons (Fsp3) is 0.238. The Balaban J connectivity index is 1.93. The van der Waals surface area contributed by atoms with Crippen molar-refractivity contribution >= 4 is 28.6 Å². The number of nitrogens with two attached hydrogens (primary N) is 2. The van der Waals surface area contributed by atoms with Crippen LogP contribution in [0.3, 0.4) is 0 Å². The van der Waals surface area contributed by atoms with Gasteiger partial charge in [-0.05, 0) is 24.6 Å². The van der Waals surface area contributed by atoms with Crippen molar-refractivity contribution in [2.24, 2.45) is 5.92 Å². The highest BCUT2D eigenvalue weighted by Gasteiger charge is 2.31. The monoisotopic (exact) mass is 406 g/mol. The Morgan fingerprint density at radius 2 is 2.10 bits per heavy atom. The van der Waals surface area contributed by atoms with Crippen LogP contribution in [0.15, 0.2) is 23.0 Å². The Hall–Kier alpha value is -3.93. The molecule has 0 spiro atoms. The second kappa shape index (κ2) is 7.15. The molecule has 4 rings (SSSR count). The summed E-state index contributed by atoms with van der Waals surface area (Å²) in [5.74, 6) is -0.325. The highest BCUT2D eigenvalue weighted by atomic mass is 19.1. The number of nitriles is 1. The zero-order valence-corrected chi connectivity index (χ0v) is 16.1. The van der Waals surface area contributed by atoms with Crippen LogP contribution in [-0.4, -0.2) is 22.3 Å². The highest BCUT2D eigenvalue weighted by Crippen LogP contribution is 2.37. The van der Waals surface area contributed by atoms with Crippen LogP contribution in [0.1, 0.15) is 24.0 Å². The number of aromatic nitrogens is 2. The number of aromatic amines is 1. The number of aryl methyl sites for hydroxylation is 1. The van der Waals surface area contributed by atoms with Gasteiger partial charge in [0.05, 0.1) is 23.2 Å². The first-order valence-electron chi connectivity index (χ1n) is 9.32. The summed E-state index contributed by atoms with van der Waals surface area (Å²) >= 11 is 0. The number of anilines is 2. The summed E-state index contributed by atoms with van der Waals surface area (Å²) < 4.78 is 19.9. The zero-order valence-electron chi connectivity index (χ0n) is 16.1. The number of pyridine rings is 2. The number of fused-ring (bicyclic) bond motifs is 1. The Kier molecular flexibility index (Phi) is 4.62. The van der Waals surface area contributed by atoms with E-state index in [0.29, 0.717) is 40.9 Å². The maximum atomic E-state index is 13.9. The molecular weight excluding hydrogens is 387 g/mol. The average Bonchev–Trinajstić information content (AvgIpc) is 2.68. The van der Waals surface area contributed by atoms with Crippen LogP contribution in [0.5, 0.6) is 5.88 Å². The molecule has 0 aliphatic heterocycles. The standard InChI is InChI=1S/C21H19FN6O2/c1-9-4-15-19(28-21(9)30-11-5-10(6-11)7-23)16(18(26)20(29)27-15)12-2-3-14(22)17(25)13(12)8-24/h2-4,8,10-11,24H,5-6,25-26H2,1H3,(H,27,29). The number of halogens is 1. The van der Waals surface area contributed by atoms with Gasteiger partial charge in [-0.25, -0.2) is 9.37 Å². The van der Waals surface area contributed by atoms with E-state index in [4.69, 9.17) is 26.9 Å². The molecule has 2 heterocycles. The van der Waals surface area contributed by atoms with Gasteiger partial charge < -0.3 is 26.6 Å². The molecule has 1 aliphatic rings. The maximum absolute atomic E-state index is 13.9. The fourth-order valence-corrected chi connectivity index (χ4v) is 3.61. The van der Waals surface area contributed by atoms with Crippen molar-refractivity contribution in [2.75, 3.05) is 11.5 Å². The molecule has 9 heteroatoms. The molecule has 0 radical (unpaired) electrons. The fourth-order valence-electron chi connectivity index (χ4n) is 3.61. The van der Waals surface area contributed by atoms with Crippen LogP contribution in [0, 0.1) is 35.4 Å². The Labute approximate surface area is 170 Å². The summed E-state index contributed by atoms with van der Waals surface area (Å²) in [6, 6.07) is 6.51. The van der Waals surface area contributed by atoms with Crippen molar-refractivity contribution in [3.63, 3.8) is 0 Å². The maximum Gasteiger partial charge on any atom is 0.272 e.